The van der Waals surface area contributed by atoms with Gasteiger partial charge in [0.1, 0.15) is 5.69 Å². The molecule has 1 saturated heterocycles. The Balaban J connectivity index is 1.64. The lowest BCUT2D eigenvalue weighted by Gasteiger charge is -2.33. The first-order valence-electron chi connectivity index (χ1n) is 12.5. The van der Waals surface area contributed by atoms with Crippen molar-refractivity contribution in [1.29, 1.82) is 0 Å². The van der Waals surface area contributed by atoms with Crippen molar-refractivity contribution in [3.63, 3.8) is 0 Å². The molecule has 1 atom stereocenters. The highest BCUT2D eigenvalue weighted by molar-refractivity contribution is 5.95. The van der Waals surface area contributed by atoms with E-state index in [1.54, 1.807) is 12.3 Å². The van der Waals surface area contributed by atoms with Gasteiger partial charge < -0.3 is 14.5 Å². The maximum atomic E-state index is 13.0. The van der Waals surface area contributed by atoms with Crippen LogP contribution in [0.5, 0.6) is 0 Å². The van der Waals surface area contributed by atoms with Crippen LogP contribution in [-0.4, -0.2) is 37.1 Å². The van der Waals surface area contributed by atoms with E-state index in [2.05, 4.69) is 73.0 Å². The molecule has 2 aliphatic heterocycles. The zero-order chi connectivity index (χ0) is 23.7. The largest absolute Gasteiger partial charge is 0.439 e. The van der Waals surface area contributed by atoms with Crippen molar-refractivity contribution in [3.8, 4) is 0 Å². The SMILES string of the molecule is CCN(CC)c1ccc(C2(c3ccc(N4CCCCC4)cc3)OC(=O)c3cccnc32)c(C)c1. The molecule has 0 saturated carbocycles. The number of ether oxygens (including phenoxy) is 1. The molecule has 5 heteroatoms. The molecule has 1 aromatic heterocycles. The topological polar surface area (TPSA) is 45.7 Å². The van der Waals surface area contributed by atoms with Gasteiger partial charge in [0, 0.05) is 54.9 Å². The van der Waals surface area contributed by atoms with Gasteiger partial charge in [0.2, 0.25) is 5.60 Å². The van der Waals surface area contributed by atoms with E-state index < -0.39 is 5.60 Å². The van der Waals surface area contributed by atoms with Crippen molar-refractivity contribution in [3.05, 3.63) is 88.7 Å². The summed E-state index contributed by atoms with van der Waals surface area (Å²) in [6.07, 6.45) is 5.52. The van der Waals surface area contributed by atoms with Crippen molar-refractivity contribution in [1.82, 2.24) is 4.98 Å². The highest BCUT2D eigenvalue weighted by Gasteiger charge is 2.50. The van der Waals surface area contributed by atoms with Gasteiger partial charge in [0.25, 0.3) is 0 Å². The third-order valence-electron chi connectivity index (χ3n) is 7.32. The van der Waals surface area contributed by atoms with Gasteiger partial charge in [-0.15, -0.1) is 0 Å². The number of benzene rings is 2. The normalized spacial score (nSPS) is 19.6. The van der Waals surface area contributed by atoms with E-state index in [0.717, 1.165) is 42.9 Å². The van der Waals surface area contributed by atoms with Crippen molar-refractivity contribution in [2.75, 3.05) is 36.0 Å². The highest BCUT2D eigenvalue weighted by atomic mass is 16.6. The number of hydrogen-bond donors (Lipinski definition) is 0. The van der Waals surface area contributed by atoms with Crippen LogP contribution >= 0.6 is 0 Å². The zero-order valence-corrected chi connectivity index (χ0v) is 20.4. The van der Waals surface area contributed by atoms with Crippen LogP contribution in [0.3, 0.4) is 0 Å². The second-order valence-corrected chi connectivity index (χ2v) is 9.24. The first kappa shape index (κ1) is 22.5. The monoisotopic (exact) mass is 455 g/mol. The number of nitrogens with zero attached hydrogens (tertiary/aromatic N) is 3. The number of hydrogen-bond acceptors (Lipinski definition) is 5. The summed E-state index contributed by atoms with van der Waals surface area (Å²) in [4.78, 5) is 22.5. The van der Waals surface area contributed by atoms with E-state index in [1.807, 2.05) is 6.07 Å². The summed E-state index contributed by atoms with van der Waals surface area (Å²) in [7, 11) is 0. The Kier molecular flexibility index (Phi) is 6.03. The number of rotatable bonds is 6. The fourth-order valence-corrected chi connectivity index (χ4v) is 5.51. The second-order valence-electron chi connectivity index (χ2n) is 9.24. The number of carbonyl (C=O) groups is 1. The minimum Gasteiger partial charge on any atom is -0.439 e. The Morgan fingerprint density at radius 2 is 1.74 bits per heavy atom. The third-order valence-corrected chi connectivity index (χ3v) is 7.32. The molecule has 1 fully saturated rings. The molecular weight excluding hydrogens is 422 g/mol. The lowest BCUT2D eigenvalue weighted by molar-refractivity contribution is 0.0242. The van der Waals surface area contributed by atoms with Crippen LogP contribution in [0.25, 0.3) is 0 Å². The van der Waals surface area contributed by atoms with Gasteiger partial charge in [-0.3, -0.25) is 4.98 Å². The maximum Gasteiger partial charge on any atom is 0.341 e. The molecule has 0 radical (unpaired) electrons. The minimum atomic E-state index is -1.06. The zero-order valence-electron chi connectivity index (χ0n) is 20.4. The Hall–Kier alpha value is -3.34. The third kappa shape index (κ3) is 3.64. The minimum absolute atomic E-state index is 0.324. The van der Waals surface area contributed by atoms with Crippen LogP contribution in [0, 0.1) is 6.92 Å². The molecule has 0 amide bonds. The van der Waals surface area contributed by atoms with E-state index in [-0.39, 0.29) is 5.97 Å². The van der Waals surface area contributed by atoms with Crippen LogP contribution in [-0.2, 0) is 10.3 Å². The van der Waals surface area contributed by atoms with E-state index in [0.29, 0.717) is 11.3 Å². The van der Waals surface area contributed by atoms with Gasteiger partial charge in [-0.2, -0.15) is 0 Å². The van der Waals surface area contributed by atoms with E-state index >= 15 is 0 Å². The number of cyclic esters (lactones) is 1. The summed E-state index contributed by atoms with van der Waals surface area (Å²) in [5.41, 5.74) is 5.51. The average Bonchev–Trinajstić information content (AvgIpc) is 3.19. The molecule has 5 nitrogen and oxygen atoms in total. The predicted molar refractivity (Wildman–Crippen MR) is 137 cm³/mol. The maximum absolute atomic E-state index is 13.0. The number of anilines is 2. The molecule has 176 valence electrons. The van der Waals surface area contributed by atoms with Crippen molar-refractivity contribution >= 4 is 17.3 Å². The fourth-order valence-electron chi connectivity index (χ4n) is 5.51. The predicted octanol–water partition coefficient (Wildman–Crippen LogP) is 5.69. The quantitative estimate of drug-likeness (QED) is 0.447. The van der Waals surface area contributed by atoms with E-state index in [9.17, 15) is 4.79 Å². The lowest BCUT2D eigenvalue weighted by atomic mass is 9.80. The molecule has 2 aromatic carbocycles. The number of carbonyl (C=O) groups excluding carboxylic acids is 1. The number of esters is 1. The summed E-state index contributed by atoms with van der Waals surface area (Å²) < 4.78 is 6.28. The summed E-state index contributed by atoms with van der Waals surface area (Å²) >= 11 is 0. The van der Waals surface area contributed by atoms with Gasteiger partial charge >= 0.3 is 5.97 Å². The van der Waals surface area contributed by atoms with Gasteiger partial charge in [-0.25, -0.2) is 4.79 Å². The molecule has 5 rings (SSSR count). The van der Waals surface area contributed by atoms with Crippen LogP contribution in [0.15, 0.2) is 60.8 Å². The Morgan fingerprint density at radius 1 is 1.00 bits per heavy atom. The number of aromatic nitrogens is 1. The molecule has 0 bridgehead atoms. The fraction of sp³-hybridized carbons (Fsp3) is 0.379. The van der Waals surface area contributed by atoms with E-state index in [4.69, 9.17) is 9.72 Å². The number of pyridine rings is 1. The van der Waals surface area contributed by atoms with Crippen LogP contribution in [0.4, 0.5) is 11.4 Å². The molecule has 1 unspecified atom stereocenters. The molecule has 3 aromatic rings. The molecule has 0 spiro atoms. The second kappa shape index (κ2) is 9.13. The van der Waals surface area contributed by atoms with Crippen LogP contribution < -0.4 is 9.80 Å². The molecular formula is C29H33N3O2. The number of fused-ring (bicyclic) bond motifs is 1. The van der Waals surface area contributed by atoms with Crippen LogP contribution in [0.1, 0.15) is 65.9 Å². The molecule has 0 N–H and O–H groups in total. The summed E-state index contributed by atoms with van der Waals surface area (Å²) in [6, 6.07) is 18.6. The first-order valence-corrected chi connectivity index (χ1v) is 12.5. The molecule has 0 aliphatic carbocycles. The van der Waals surface area contributed by atoms with Gasteiger partial charge in [0.05, 0.1) is 5.56 Å². The molecule has 3 heterocycles. The first-order chi connectivity index (χ1) is 16.6. The molecule has 2 aliphatic rings. The van der Waals surface area contributed by atoms with Crippen molar-refractivity contribution in [2.45, 2.75) is 45.6 Å². The Labute approximate surface area is 202 Å². The Morgan fingerprint density at radius 3 is 2.41 bits per heavy atom. The van der Waals surface area contributed by atoms with Crippen molar-refractivity contribution in [2.24, 2.45) is 0 Å². The number of aryl methyl sites for hydroxylation is 1. The van der Waals surface area contributed by atoms with Crippen molar-refractivity contribution < 1.29 is 9.53 Å². The van der Waals surface area contributed by atoms with Gasteiger partial charge in [0.15, 0.2) is 0 Å². The smallest absolute Gasteiger partial charge is 0.341 e. The van der Waals surface area contributed by atoms with Gasteiger partial charge in [-0.05, 0) is 82.0 Å². The standard InChI is InChI=1S/C29H33N3O2/c1-4-31(5-2)24-15-16-26(21(3)20-24)29(27-25(28(33)34-29)10-9-17-30-27)22-11-13-23(14-12-22)32-18-7-6-8-19-32/h9-17,20H,4-8,18-19H2,1-3H3. The number of piperidine rings is 1. The summed E-state index contributed by atoms with van der Waals surface area (Å²) in [6.45, 7) is 10.5. The highest BCUT2D eigenvalue weighted by Crippen LogP contribution is 2.47. The van der Waals surface area contributed by atoms with Crippen LogP contribution in [0.2, 0.25) is 0 Å². The molecule has 34 heavy (non-hydrogen) atoms. The summed E-state index contributed by atoms with van der Waals surface area (Å²) in [5, 5.41) is 0. The summed E-state index contributed by atoms with van der Waals surface area (Å²) in [5.74, 6) is -0.324. The average molecular weight is 456 g/mol. The van der Waals surface area contributed by atoms with E-state index in [1.165, 1.54) is 30.6 Å². The lowest BCUT2D eigenvalue weighted by Crippen LogP contribution is -2.32. The Bertz CT molecular complexity index is 1180. The van der Waals surface area contributed by atoms with Gasteiger partial charge in [-0.1, -0.05) is 18.2 Å².